The summed E-state index contributed by atoms with van der Waals surface area (Å²) in [6.07, 6.45) is 8.61. The van der Waals surface area contributed by atoms with Crippen LogP contribution in [0.4, 0.5) is 11.5 Å². The van der Waals surface area contributed by atoms with Crippen LogP contribution in [-0.2, 0) is 4.79 Å². The summed E-state index contributed by atoms with van der Waals surface area (Å²) in [7, 11) is 0. The molecule has 3 fully saturated rings. The molecule has 38 heavy (non-hydrogen) atoms. The van der Waals surface area contributed by atoms with Crippen molar-refractivity contribution in [3.8, 4) is 0 Å². The molecule has 206 valence electrons. The number of hydrogen-bond donors (Lipinski definition) is 3. The largest absolute Gasteiger partial charge is 0.361 e. The van der Waals surface area contributed by atoms with Crippen LogP contribution in [0.15, 0.2) is 24.3 Å². The van der Waals surface area contributed by atoms with Crippen LogP contribution in [0.2, 0.25) is 0 Å². The van der Waals surface area contributed by atoms with E-state index in [1.54, 1.807) is 0 Å². The van der Waals surface area contributed by atoms with Gasteiger partial charge in [-0.1, -0.05) is 19.3 Å². The summed E-state index contributed by atoms with van der Waals surface area (Å²) in [5.41, 5.74) is 3.15. The number of piperidine rings is 1. The van der Waals surface area contributed by atoms with E-state index in [0.717, 1.165) is 81.1 Å². The fourth-order valence-electron chi connectivity index (χ4n) is 5.92. The van der Waals surface area contributed by atoms with E-state index in [1.165, 1.54) is 50.8 Å². The summed E-state index contributed by atoms with van der Waals surface area (Å²) in [5, 5.41) is 11.9. The van der Waals surface area contributed by atoms with Crippen molar-refractivity contribution in [2.24, 2.45) is 0 Å². The van der Waals surface area contributed by atoms with E-state index < -0.39 is 0 Å². The van der Waals surface area contributed by atoms with E-state index in [-0.39, 0.29) is 11.9 Å². The summed E-state index contributed by atoms with van der Waals surface area (Å²) < 4.78 is 0. The molecule has 3 N–H and O–H groups in total. The number of fused-ring (bicyclic) bond motifs is 1. The predicted molar refractivity (Wildman–Crippen MR) is 160 cm³/mol. The zero-order chi connectivity index (χ0) is 26.3. The Hall–Kier alpha value is -2.49. The minimum atomic E-state index is 0.00137. The first-order valence-electron chi connectivity index (χ1n) is 14.5. The van der Waals surface area contributed by atoms with Crippen molar-refractivity contribution in [3.63, 3.8) is 0 Å². The third kappa shape index (κ3) is 6.93. The number of carbonyl (C=O) groups excluding carboxylic acids is 1. The number of piperazine rings is 1. The van der Waals surface area contributed by atoms with Gasteiger partial charge in [-0.25, -0.2) is 4.98 Å². The minimum absolute atomic E-state index is 0.00137. The second-order valence-corrected chi connectivity index (χ2v) is 11.4. The number of benzene rings is 1. The zero-order valence-corrected chi connectivity index (χ0v) is 23.6. The Morgan fingerprint density at radius 1 is 1.03 bits per heavy atom. The van der Waals surface area contributed by atoms with Crippen LogP contribution in [0, 0.1) is 6.92 Å². The summed E-state index contributed by atoms with van der Waals surface area (Å²) in [6, 6.07) is 8.43. The first kappa shape index (κ1) is 27.1. The van der Waals surface area contributed by atoms with Crippen molar-refractivity contribution >= 4 is 45.6 Å². The van der Waals surface area contributed by atoms with Gasteiger partial charge in [0.2, 0.25) is 5.91 Å². The lowest BCUT2D eigenvalue weighted by molar-refractivity contribution is -0.134. The van der Waals surface area contributed by atoms with E-state index in [9.17, 15) is 4.79 Å². The van der Waals surface area contributed by atoms with Crippen LogP contribution in [0.25, 0.3) is 10.9 Å². The number of pyridine rings is 1. The minimum Gasteiger partial charge on any atom is -0.361 e. The highest BCUT2D eigenvalue weighted by molar-refractivity contribution is 7.80. The first-order chi connectivity index (χ1) is 18.6. The van der Waals surface area contributed by atoms with Crippen molar-refractivity contribution in [1.29, 1.82) is 0 Å². The molecule has 0 aliphatic carbocycles. The normalized spacial score (nSPS) is 21.2. The highest BCUT2D eigenvalue weighted by Crippen LogP contribution is 2.26. The van der Waals surface area contributed by atoms with Gasteiger partial charge >= 0.3 is 0 Å². The smallest absolute Gasteiger partial charge is 0.239 e. The Labute approximate surface area is 232 Å². The van der Waals surface area contributed by atoms with E-state index in [4.69, 9.17) is 17.2 Å². The molecular weight excluding hydrogens is 494 g/mol. The van der Waals surface area contributed by atoms with Crippen molar-refractivity contribution in [2.45, 2.75) is 57.9 Å². The molecule has 1 atom stereocenters. The molecule has 1 aromatic carbocycles. The summed E-state index contributed by atoms with van der Waals surface area (Å²) >= 11 is 5.57. The second-order valence-electron chi connectivity index (χ2n) is 11.0. The van der Waals surface area contributed by atoms with Crippen LogP contribution in [0.3, 0.4) is 0 Å². The van der Waals surface area contributed by atoms with Crippen LogP contribution in [0.5, 0.6) is 0 Å². The SMILES string of the molecule is Cc1cc(N2CCN(C(=O)C3CCCCN3)CC2)nc2ccc(NC(=S)NCCN3CCCCCC3)cc12. The van der Waals surface area contributed by atoms with Gasteiger partial charge in [-0.2, -0.15) is 0 Å². The van der Waals surface area contributed by atoms with Gasteiger partial charge < -0.3 is 30.7 Å². The summed E-state index contributed by atoms with van der Waals surface area (Å²) in [6.45, 7) is 10.5. The van der Waals surface area contributed by atoms with Crippen LogP contribution in [0.1, 0.15) is 50.5 Å². The number of aryl methyl sites for hydroxylation is 1. The van der Waals surface area contributed by atoms with Gasteiger partial charge in [0.1, 0.15) is 5.82 Å². The molecule has 4 heterocycles. The lowest BCUT2D eigenvalue weighted by atomic mass is 10.0. The molecule has 9 heteroatoms. The Morgan fingerprint density at radius 2 is 1.82 bits per heavy atom. The van der Waals surface area contributed by atoms with Gasteiger partial charge in [-0.15, -0.1) is 0 Å². The highest BCUT2D eigenvalue weighted by atomic mass is 32.1. The zero-order valence-electron chi connectivity index (χ0n) is 22.8. The summed E-state index contributed by atoms with van der Waals surface area (Å²) in [4.78, 5) is 24.7. The van der Waals surface area contributed by atoms with Gasteiger partial charge in [-0.05, 0) is 94.3 Å². The number of nitrogens with one attached hydrogen (secondary N) is 3. The number of anilines is 2. The highest BCUT2D eigenvalue weighted by Gasteiger charge is 2.28. The fraction of sp³-hybridized carbons (Fsp3) is 0.621. The van der Waals surface area contributed by atoms with Gasteiger partial charge in [0, 0.05) is 50.3 Å². The van der Waals surface area contributed by atoms with Crippen molar-refractivity contribution in [3.05, 3.63) is 29.8 Å². The van der Waals surface area contributed by atoms with E-state index in [0.29, 0.717) is 5.11 Å². The molecule has 0 radical (unpaired) electrons. The molecule has 0 spiro atoms. The molecule has 8 nitrogen and oxygen atoms in total. The second kappa shape index (κ2) is 13.0. The van der Waals surface area contributed by atoms with Gasteiger partial charge in [0.15, 0.2) is 5.11 Å². The number of amides is 1. The Balaban J connectivity index is 1.14. The number of carbonyl (C=O) groups is 1. The van der Waals surface area contributed by atoms with E-state index >= 15 is 0 Å². The topological polar surface area (TPSA) is 75.8 Å². The monoisotopic (exact) mass is 537 g/mol. The predicted octanol–water partition coefficient (Wildman–Crippen LogP) is 3.50. The number of rotatable bonds is 6. The van der Waals surface area contributed by atoms with Gasteiger partial charge in [0.25, 0.3) is 0 Å². The third-order valence-corrected chi connectivity index (χ3v) is 8.44. The molecule has 5 rings (SSSR count). The number of aromatic nitrogens is 1. The third-order valence-electron chi connectivity index (χ3n) is 8.20. The Kier molecular flexibility index (Phi) is 9.30. The molecule has 0 bridgehead atoms. The van der Waals surface area contributed by atoms with Gasteiger partial charge in [0.05, 0.1) is 11.6 Å². The van der Waals surface area contributed by atoms with Crippen LogP contribution >= 0.6 is 12.2 Å². The van der Waals surface area contributed by atoms with E-state index in [1.807, 2.05) is 4.90 Å². The van der Waals surface area contributed by atoms with Crippen molar-refractivity contribution in [1.82, 2.24) is 25.4 Å². The average molecular weight is 538 g/mol. The van der Waals surface area contributed by atoms with E-state index in [2.05, 4.69) is 56.9 Å². The van der Waals surface area contributed by atoms with Gasteiger partial charge in [-0.3, -0.25) is 4.79 Å². The number of hydrogen-bond acceptors (Lipinski definition) is 6. The van der Waals surface area contributed by atoms with Crippen molar-refractivity contribution < 1.29 is 4.79 Å². The maximum atomic E-state index is 12.9. The number of nitrogens with zero attached hydrogens (tertiary/aromatic N) is 4. The molecule has 1 unspecified atom stereocenters. The number of thiocarbonyl (C=S) groups is 1. The Bertz CT molecular complexity index is 1100. The lowest BCUT2D eigenvalue weighted by Crippen LogP contribution is -2.55. The molecule has 3 aliphatic heterocycles. The molecule has 3 aliphatic rings. The molecular formula is C29H43N7OS. The lowest BCUT2D eigenvalue weighted by Gasteiger charge is -2.38. The maximum Gasteiger partial charge on any atom is 0.239 e. The van der Waals surface area contributed by atoms with Crippen LogP contribution in [-0.4, -0.2) is 90.7 Å². The standard InChI is InChI=1S/C29H43N7OS/c1-22-20-27(35-16-18-36(19-17-35)28(37)26-8-4-5-11-30-26)33-25-10-9-23(21-24(22)25)32-29(38)31-12-15-34-13-6-2-3-7-14-34/h9-10,20-21,26,30H,2-8,11-19H2,1H3,(H2,31,32,38). The molecule has 2 aromatic rings. The number of likely N-dealkylation sites (tertiary alicyclic amines) is 1. The summed E-state index contributed by atoms with van der Waals surface area (Å²) in [5.74, 6) is 1.26. The van der Waals surface area contributed by atoms with Crippen molar-refractivity contribution in [2.75, 3.05) is 69.1 Å². The first-order valence-corrected chi connectivity index (χ1v) is 14.9. The fourth-order valence-corrected chi connectivity index (χ4v) is 6.14. The maximum absolute atomic E-state index is 12.9. The molecule has 3 saturated heterocycles. The molecule has 1 aromatic heterocycles. The quantitative estimate of drug-likeness (QED) is 0.484. The molecule has 0 saturated carbocycles. The average Bonchev–Trinajstić information content (AvgIpc) is 3.22. The molecule has 1 amide bonds. The Morgan fingerprint density at radius 3 is 2.55 bits per heavy atom. The van der Waals surface area contributed by atoms with Crippen LogP contribution < -0.4 is 20.9 Å².